The first-order valence-corrected chi connectivity index (χ1v) is 7.48. The highest BCUT2D eigenvalue weighted by Gasteiger charge is 2.27. The average molecular weight is 250 g/mol. The molecule has 4 heteroatoms. The fourth-order valence-electron chi connectivity index (χ4n) is 1.75. The van der Waals surface area contributed by atoms with Crippen molar-refractivity contribution in [2.45, 2.75) is 60.5 Å². The lowest BCUT2D eigenvalue weighted by molar-refractivity contribution is 0.108. The van der Waals surface area contributed by atoms with Crippen LogP contribution in [0.25, 0.3) is 0 Å². The van der Waals surface area contributed by atoms with Gasteiger partial charge in [0.2, 0.25) is 0 Å². The Kier molecular flexibility index (Phi) is 5.02. The SMILES string of the molecule is CC(C)(C)CC(CC(C)(C)C)OS(C)(=O)=O. The summed E-state index contributed by atoms with van der Waals surface area (Å²) in [6, 6.07) is 0. The van der Waals surface area contributed by atoms with E-state index in [0.717, 1.165) is 19.1 Å². The van der Waals surface area contributed by atoms with Crippen LogP contribution in [0, 0.1) is 10.8 Å². The molecular weight excluding hydrogens is 224 g/mol. The zero-order valence-electron chi connectivity index (χ0n) is 11.6. The molecule has 0 aliphatic rings. The molecule has 3 nitrogen and oxygen atoms in total. The Morgan fingerprint density at radius 2 is 1.25 bits per heavy atom. The van der Waals surface area contributed by atoms with Gasteiger partial charge in [0.25, 0.3) is 10.1 Å². The largest absolute Gasteiger partial charge is 0.267 e. The second kappa shape index (κ2) is 5.05. The van der Waals surface area contributed by atoms with Crippen LogP contribution in [-0.4, -0.2) is 20.8 Å². The smallest absolute Gasteiger partial charge is 0.264 e. The summed E-state index contributed by atoms with van der Waals surface area (Å²) in [4.78, 5) is 0. The first kappa shape index (κ1) is 15.9. The van der Waals surface area contributed by atoms with Gasteiger partial charge >= 0.3 is 0 Å². The molecule has 98 valence electrons. The topological polar surface area (TPSA) is 43.4 Å². The van der Waals surface area contributed by atoms with E-state index in [1.165, 1.54) is 0 Å². The highest BCUT2D eigenvalue weighted by Crippen LogP contribution is 2.31. The van der Waals surface area contributed by atoms with Crippen LogP contribution in [0.5, 0.6) is 0 Å². The first-order chi connectivity index (χ1) is 6.79. The van der Waals surface area contributed by atoms with Crippen molar-refractivity contribution in [1.29, 1.82) is 0 Å². The first-order valence-electron chi connectivity index (χ1n) is 5.67. The van der Waals surface area contributed by atoms with Crippen LogP contribution in [0.15, 0.2) is 0 Å². The van der Waals surface area contributed by atoms with Gasteiger partial charge in [0, 0.05) is 0 Å². The van der Waals surface area contributed by atoms with Crippen molar-refractivity contribution >= 4 is 10.1 Å². The van der Waals surface area contributed by atoms with E-state index < -0.39 is 10.1 Å². The van der Waals surface area contributed by atoms with Gasteiger partial charge in [-0.15, -0.1) is 0 Å². The molecule has 0 bridgehead atoms. The maximum absolute atomic E-state index is 11.2. The van der Waals surface area contributed by atoms with E-state index in [4.69, 9.17) is 4.18 Å². The van der Waals surface area contributed by atoms with Crippen LogP contribution in [0.1, 0.15) is 54.4 Å². The van der Waals surface area contributed by atoms with Crippen LogP contribution in [0.2, 0.25) is 0 Å². The molecule has 0 aliphatic carbocycles. The van der Waals surface area contributed by atoms with Crippen molar-refractivity contribution in [1.82, 2.24) is 0 Å². The Bertz CT molecular complexity index is 288. The lowest BCUT2D eigenvalue weighted by atomic mass is 9.82. The van der Waals surface area contributed by atoms with E-state index in [-0.39, 0.29) is 16.9 Å². The molecule has 0 aromatic heterocycles. The summed E-state index contributed by atoms with van der Waals surface area (Å²) in [7, 11) is -3.37. The zero-order valence-corrected chi connectivity index (χ0v) is 12.4. The standard InChI is InChI=1S/C12H26O3S/c1-11(2,3)8-10(9-12(4,5)6)15-16(7,13)14/h10H,8-9H2,1-7H3. The lowest BCUT2D eigenvalue weighted by Crippen LogP contribution is -2.28. The summed E-state index contributed by atoms with van der Waals surface area (Å²) < 4.78 is 27.5. The summed E-state index contributed by atoms with van der Waals surface area (Å²) >= 11 is 0. The highest BCUT2D eigenvalue weighted by atomic mass is 32.2. The van der Waals surface area contributed by atoms with Crippen molar-refractivity contribution in [3.63, 3.8) is 0 Å². The van der Waals surface area contributed by atoms with Crippen LogP contribution in [0.3, 0.4) is 0 Å². The molecule has 0 spiro atoms. The van der Waals surface area contributed by atoms with Gasteiger partial charge in [0.15, 0.2) is 0 Å². The Balaban J connectivity index is 4.65. The van der Waals surface area contributed by atoms with Crippen molar-refractivity contribution in [3.8, 4) is 0 Å². The molecule has 0 saturated carbocycles. The molecule has 0 fully saturated rings. The van der Waals surface area contributed by atoms with Gasteiger partial charge in [-0.05, 0) is 23.7 Å². The Morgan fingerprint density at radius 3 is 1.44 bits per heavy atom. The van der Waals surface area contributed by atoms with E-state index in [1.54, 1.807) is 0 Å². The molecule has 16 heavy (non-hydrogen) atoms. The zero-order chi connectivity index (χ0) is 13.2. The second-order valence-corrected chi connectivity index (χ2v) is 8.55. The predicted octanol–water partition coefficient (Wildman–Crippen LogP) is 3.20. The Hall–Kier alpha value is -0.0900. The summed E-state index contributed by atoms with van der Waals surface area (Å²) in [5.41, 5.74) is 0.140. The van der Waals surface area contributed by atoms with E-state index >= 15 is 0 Å². The average Bonchev–Trinajstić information content (AvgIpc) is 1.70. The van der Waals surface area contributed by atoms with E-state index in [2.05, 4.69) is 41.5 Å². The molecule has 0 radical (unpaired) electrons. The molecule has 0 saturated heterocycles. The van der Waals surface area contributed by atoms with Gasteiger partial charge < -0.3 is 0 Å². The molecule has 0 amide bonds. The number of rotatable bonds is 4. The van der Waals surface area contributed by atoms with Crippen molar-refractivity contribution < 1.29 is 12.6 Å². The van der Waals surface area contributed by atoms with Gasteiger partial charge in [-0.25, -0.2) is 0 Å². The van der Waals surface area contributed by atoms with E-state index in [9.17, 15) is 8.42 Å². The monoisotopic (exact) mass is 250 g/mol. The lowest BCUT2D eigenvalue weighted by Gasteiger charge is -2.30. The third-order valence-electron chi connectivity index (χ3n) is 1.99. The summed E-state index contributed by atoms with van der Waals surface area (Å²) in [6.45, 7) is 12.5. The number of hydrogen-bond donors (Lipinski definition) is 0. The summed E-state index contributed by atoms with van der Waals surface area (Å²) in [5.74, 6) is 0. The quantitative estimate of drug-likeness (QED) is 0.720. The van der Waals surface area contributed by atoms with Gasteiger partial charge in [0.1, 0.15) is 0 Å². The van der Waals surface area contributed by atoms with Crippen LogP contribution in [0.4, 0.5) is 0 Å². The molecule has 0 atom stereocenters. The fourth-order valence-corrected chi connectivity index (χ4v) is 2.38. The maximum Gasteiger partial charge on any atom is 0.264 e. The van der Waals surface area contributed by atoms with Crippen molar-refractivity contribution in [3.05, 3.63) is 0 Å². The van der Waals surface area contributed by atoms with Gasteiger partial charge in [0.05, 0.1) is 12.4 Å². The van der Waals surface area contributed by atoms with Crippen molar-refractivity contribution in [2.24, 2.45) is 10.8 Å². The molecule has 0 aromatic rings. The minimum absolute atomic E-state index is 0.0700. The molecule has 0 unspecified atom stereocenters. The normalized spacial score (nSPS) is 14.5. The predicted molar refractivity (Wildman–Crippen MR) is 67.9 cm³/mol. The summed E-state index contributed by atoms with van der Waals surface area (Å²) in [5, 5.41) is 0. The third-order valence-corrected chi connectivity index (χ3v) is 2.61. The number of hydrogen-bond acceptors (Lipinski definition) is 3. The fraction of sp³-hybridized carbons (Fsp3) is 1.00. The highest BCUT2D eigenvalue weighted by molar-refractivity contribution is 7.86. The second-order valence-electron chi connectivity index (χ2n) is 6.95. The van der Waals surface area contributed by atoms with Crippen LogP contribution < -0.4 is 0 Å². The van der Waals surface area contributed by atoms with Gasteiger partial charge in [-0.3, -0.25) is 4.18 Å². The van der Waals surface area contributed by atoms with E-state index in [1.807, 2.05) is 0 Å². The third kappa shape index (κ3) is 10.4. The van der Waals surface area contributed by atoms with Crippen LogP contribution in [-0.2, 0) is 14.3 Å². The molecular formula is C12H26O3S. The Morgan fingerprint density at radius 1 is 0.938 bits per heavy atom. The minimum atomic E-state index is -3.37. The van der Waals surface area contributed by atoms with Crippen LogP contribution >= 0.6 is 0 Å². The maximum atomic E-state index is 11.2. The van der Waals surface area contributed by atoms with Gasteiger partial charge in [-0.1, -0.05) is 41.5 Å². The van der Waals surface area contributed by atoms with Gasteiger partial charge in [-0.2, -0.15) is 8.42 Å². The van der Waals surface area contributed by atoms with Crippen molar-refractivity contribution in [2.75, 3.05) is 6.26 Å². The molecule has 0 aliphatic heterocycles. The minimum Gasteiger partial charge on any atom is -0.267 e. The Labute approximate surface area is 101 Å². The molecule has 0 rings (SSSR count). The summed E-state index contributed by atoms with van der Waals surface area (Å²) in [6.07, 6.45) is 2.38. The molecule has 0 N–H and O–H groups in total. The molecule has 0 heterocycles. The van der Waals surface area contributed by atoms with E-state index in [0.29, 0.717) is 0 Å². The molecule has 0 aromatic carbocycles.